The lowest BCUT2D eigenvalue weighted by Gasteiger charge is -2.06. The van der Waals surface area contributed by atoms with Crippen LogP contribution in [0.5, 0.6) is 0 Å². The standard InChI is InChI=1S/C11H24N2O3/c1-2-3-6-13-11(14)4-7-15-9-10-16-8-5-12/h2-10,12H2,1H3,(H,13,14). The molecule has 0 saturated heterocycles. The van der Waals surface area contributed by atoms with Crippen molar-refractivity contribution in [3.05, 3.63) is 0 Å². The van der Waals surface area contributed by atoms with Gasteiger partial charge in [0.15, 0.2) is 0 Å². The zero-order valence-electron chi connectivity index (χ0n) is 10.2. The Morgan fingerprint density at radius 1 is 1.19 bits per heavy atom. The first-order valence-corrected chi connectivity index (χ1v) is 5.93. The summed E-state index contributed by atoms with van der Waals surface area (Å²) >= 11 is 0. The van der Waals surface area contributed by atoms with Gasteiger partial charge < -0.3 is 20.5 Å². The molecule has 0 unspecified atom stereocenters. The average Bonchev–Trinajstić information content (AvgIpc) is 2.28. The van der Waals surface area contributed by atoms with E-state index in [0.717, 1.165) is 19.4 Å². The molecule has 0 bridgehead atoms. The molecule has 0 aromatic heterocycles. The minimum absolute atomic E-state index is 0.0522. The highest BCUT2D eigenvalue weighted by Gasteiger charge is 1.99. The second-order valence-electron chi connectivity index (χ2n) is 3.47. The molecule has 0 heterocycles. The van der Waals surface area contributed by atoms with E-state index < -0.39 is 0 Å². The summed E-state index contributed by atoms with van der Waals surface area (Å²) in [5.74, 6) is 0.0522. The maximum atomic E-state index is 11.2. The van der Waals surface area contributed by atoms with Crippen LogP contribution in [0.2, 0.25) is 0 Å². The van der Waals surface area contributed by atoms with Crippen LogP contribution in [0.25, 0.3) is 0 Å². The molecule has 1 amide bonds. The predicted molar refractivity (Wildman–Crippen MR) is 63.2 cm³/mol. The second kappa shape index (κ2) is 12.4. The van der Waals surface area contributed by atoms with Crippen LogP contribution in [0.3, 0.4) is 0 Å². The normalized spacial score (nSPS) is 10.4. The van der Waals surface area contributed by atoms with Crippen LogP contribution in [0.4, 0.5) is 0 Å². The van der Waals surface area contributed by atoms with Gasteiger partial charge in [0.2, 0.25) is 5.91 Å². The number of nitrogens with two attached hydrogens (primary N) is 1. The molecular weight excluding hydrogens is 208 g/mol. The Bertz CT molecular complexity index is 165. The summed E-state index contributed by atoms with van der Waals surface area (Å²) in [7, 11) is 0. The van der Waals surface area contributed by atoms with Crippen LogP contribution in [-0.4, -0.2) is 45.4 Å². The van der Waals surface area contributed by atoms with Crippen molar-refractivity contribution in [1.82, 2.24) is 5.32 Å². The van der Waals surface area contributed by atoms with Gasteiger partial charge in [-0.15, -0.1) is 0 Å². The maximum Gasteiger partial charge on any atom is 0.222 e. The van der Waals surface area contributed by atoms with E-state index >= 15 is 0 Å². The van der Waals surface area contributed by atoms with E-state index in [1.54, 1.807) is 0 Å². The van der Waals surface area contributed by atoms with Crippen molar-refractivity contribution < 1.29 is 14.3 Å². The largest absolute Gasteiger partial charge is 0.379 e. The van der Waals surface area contributed by atoms with E-state index in [0.29, 0.717) is 39.4 Å². The number of nitrogens with one attached hydrogen (secondary N) is 1. The third-order valence-electron chi connectivity index (χ3n) is 1.96. The predicted octanol–water partition coefficient (Wildman–Crippen LogP) is 0.285. The fourth-order valence-corrected chi connectivity index (χ4v) is 1.06. The Labute approximate surface area is 97.7 Å². The van der Waals surface area contributed by atoms with Gasteiger partial charge in [-0.1, -0.05) is 13.3 Å². The third-order valence-corrected chi connectivity index (χ3v) is 1.96. The topological polar surface area (TPSA) is 73.6 Å². The lowest BCUT2D eigenvalue weighted by molar-refractivity contribution is -0.122. The van der Waals surface area contributed by atoms with Crippen LogP contribution >= 0.6 is 0 Å². The van der Waals surface area contributed by atoms with Crippen LogP contribution in [0, 0.1) is 0 Å². The summed E-state index contributed by atoms with van der Waals surface area (Å²) in [5, 5.41) is 2.83. The molecule has 0 radical (unpaired) electrons. The van der Waals surface area contributed by atoms with Crippen molar-refractivity contribution in [2.75, 3.05) is 39.5 Å². The van der Waals surface area contributed by atoms with Crippen molar-refractivity contribution in [3.8, 4) is 0 Å². The van der Waals surface area contributed by atoms with E-state index in [1.165, 1.54) is 0 Å². The van der Waals surface area contributed by atoms with E-state index in [1.807, 2.05) is 0 Å². The van der Waals surface area contributed by atoms with Gasteiger partial charge in [-0.3, -0.25) is 4.79 Å². The zero-order chi connectivity index (χ0) is 12.1. The number of amides is 1. The van der Waals surface area contributed by atoms with E-state index in [2.05, 4.69) is 12.2 Å². The molecule has 0 fully saturated rings. The third kappa shape index (κ3) is 11.4. The number of rotatable bonds is 11. The highest BCUT2D eigenvalue weighted by atomic mass is 16.5. The van der Waals surface area contributed by atoms with Crippen molar-refractivity contribution in [3.63, 3.8) is 0 Å². The van der Waals surface area contributed by atoms with Crippen molar-refractivity contribution in [1.29, 1.82) is 0 Å². The fourth-order valence-electron chi connectivity index (χ4n) is 1.06. The van der Waals surface area contributed by atoms with Crippen molar-refractivity contribution in [2.45, 2.75) is 26.2 Å². The summed E-state index contributed by atoms with van der Waals surface area (Å²) in [6.45, 7) is 5.44. The molecule has 0 aliphatic carbocycles. The highest BCUT2D eigenvalue weighted by molar-refractivity contribution is 5.75. The molecule has 0 aliphatic heterocycles. The summed E-state index contributed by atoms with van der Waals surface area (Å²) in [6.07, 6.45) is 2.54. The van der Waals surface area contributed by atoms with Crippen molar-refractivity contribution in [2.24, 2.45) is 5.73 Å². The molecule has 0 spiro atoms. The fraction of sp³-hybridized carbons (Fsp3) is 0.909. The monoisotopic (exact) mass is 232 g/mol. The number of ether oxygens (including phenoxy) is 2. The first kappa shape index (κ1) is 15.3. The summed E-state index contributed by atoms with van der Waals surface area (Å²) in [6, 6.07) is 0. The van der Waals surface area contributed by atoms with Crippen LogP contribution in [0.15, 0.2) is 0 Å². The molecule has 0 aliphatic rings. The lowest BCUT2D eigenvalue weighted by atomic mass is 10.3. The highest BCUT2D eigenvalue weighted by Crippen LogP contribution is 1.87. The molecule has 5 nitrogen and oxygen atoms in total. The Hall–Kier alpha value is -0.650. The van der Waals surface area contributed by atoms with Crippen LogP contribution in [-0.2, 0) is 14.3 Å². The van der Waals surface area contributed by atoms with E-state index in [4.69, 9.17) is 15.2 Å². The molecule has 16 heavy (non-hydrogen) atoms. The first-order valence-electron chi connectivity index (χ1n) is 5.93. The first-order chi connectivity index (χ1) is 7.81. The molecule has 0 aromatic rings. The van der Waals surface area contributed by atoms with Crippen molar-refractivity contribution >= 4 is 5.91 Å². The Kier molecular flexibility index (Phi) is 11.9. The second-order valence-corrected chi connectivity index (χ2v) is 3.47. The van der Waals surface area contributed by atoms with Gasteiger partial charge in [-0.05, 0) is 6.42 Å². The number of hydrogen-bond acceptors (Lipinski definition) is 4. The number of carbonyl (C=O) groups is 1. The van der Waals surface area contributed by atoms with Gasteiger partial charge in [0, 0.05) is 19.5 Å². The molecule has 0 rings (SSSR count). The summed E-state index contributed by atoms with van der Waals surface area (Å²) in [5.41, 5.74) is 5.25. The lowest BCUT2D eigenvalue weighted by Crippen LogP contribution is -2.25. The van der Waals surface area contributed by atoms with Crippen LogP contribution in [0.1, 0.15) is 26.2 Å². The van der Waals surface area contributed by atoms with Gasteiger partial charge >= 0.3 is 0 Å². The number of unbranched alkanes of at least 4 members (excludes halogenated alkanes) is 1. The minimum atomic E-state index is 0.0522. The summed E-state index contributed by atoms with van der Waals surface area (Å²) in [4.78, 5) is 11.2. The van der Waals surface area contributed by atoms with Crippen LogP contribution < -0.4 is 11.1 Å². The molecule has 96 valence electrons. The molecule has 3 N–H and O–H groups in total. The van der Waals surface area contributed by atoms with E-state index in [9.17, 15) is 4.79 Å². The van der Waals surface area contributed by atoms with Gasteiger partial charge in [0.05, 0.1) is 26.4 Å². The smallest absolute Gasteiger partial charge is 0.222 e. The summed E-state index contributed by atoms with van der Waals surface area (Å²) < 4.78 is 10.3. The molecule has 0 atom stereocenters. The Morgan fingerprint density at radius 3 is 2.50 bits per heavy atom. The van der Waals surface area contributed by atoms with E-state index in [-0.39, 0.29) is 5.91 Å². The molecular formula is C11H24N2O3. The SMILES string of the molecule is CCCCNC(=O)CCOCCOCCN. The quantitative estimate of drug-likeness (QED) is 0.502. The Balaban J connectivity index is 3.09. The number of hydrogen-bond donors (Lipinski definition) is 2. The maximum absolute atomic E-state index is 11.2. The average molecular weight is 232 g/mol. The van der Waals surface area contributed by atoms with Gasteiger partial charge in [0.1, 0.15) is 0 Å². The molecule has 0 aromatic carbocycles. The van der Waals surface area contributed by atoms with Gasteiger partial charge in [-0.2, -0.15) is 0 Å². The molecule has 0 saturated carbocycles. The van der Waals surface area contributed by atoms with Gasteiger partial charge in [0.25, 0.3) is 0 Å². The Morgan fingerprint density at radius 2 is 1.88 bits per heavy atom. The zero-order valence-corrected chi connectivity index (χ0v) is 10.2. The number of carbonyl (C=O) groups excluding carboxylic acids is 1. The van der Waals surface area contributed by atoms with Gasteiger partial charge in [-0.25, -0.2) is 0 Å². The molecule has 5 heteroatoms. The minimum Gasteiger partial charge on any atom is -0.379 e.